The lowest BCUT2D eigenvalue weighted by molar-refractivity contribution is 0.650. The summed E-state index contributed by atoms with van der Waals surface area (Å²) in [5.74, 6) is 4.58. The quantitative estimate of drug-likeness (QED) is 0.158. The Morgan fingerprint density at radius 3 is 1.07 bits per heavy atom. The van der Waals surface area contributed by atoms with Gasteiger partial charge < -0.3 is 17.7 Å². The number of rotatable bonds is 6. The molecule has 0 atom stereocenters. The Balaban J connectivity index is 0.0000000986. The molecule has 0 saturated heterocycles. The van der Waals surface area contributed by atoms with Gasteiger partial charge in [-0.3, -0.25) is 13.7 Å². The molecule has 0 unspecified atom stereocenters. The summed E-state index contributed by atoms with van der Waals surface area (Å²) >= 11 is 1.76. The first-order valence-corrected chi connectivity index (χ1v) is 44.9. The van der Waals surface area contributed by atoms with Crippen molar-refractivity contribution in [1.82, 2.24) is 43.6 Å². The topological polar surface area (TPSA) is 145 Å². The van der Waals surface area contributed by atoms with E-state index < -0.39 is 0 Å². The molecule has 1 aliphatic carbocycles. The molecule has 0 N–H and O–H groups in total. The zero-order valence-electron chi connectivity index (χ0n) is 70.4. The summed E-state index contributed by atoms with van der Waals surface area (Å²) in [5.41, 5.74) is 22.2. The van der Waals surface area contributed by atoms with Gasteiger partial charge in [-0.25, -0.2) is 29.9 Å². The van der Waals surface area contributed by atoms with Crippen LogP contribution in [0.15, 0.2) is 400 Å². The van der Waals surface area contributed by atoms with Crippen LogP contribution in [0.5, 0.6) is 0 Å². The molecule has 11 aromatic heterocycles. The van der Waals surface area contributed by atoms with Crippen LogP contribution in [0.2, 0.25) is 0 Å². The fourth-order valence-corrected chi connectivity index (χ4v) is 22.0. The molecule has 1 aliphatic rings. The monoisotopic (exact) mass is 1700 g/mol. The van der Waals surface area contributed by atoms with Crippen LogP contribution in [0.25, 0.3) is 269 Å². The third-order valence-corrected chi connectivity index (χ3v) is 28.1. The maximum absolute atomic E-state index is 6.54. The molecule has 0 spiro atoms. The van der Waals surface area contributed by atoms with Crippen LogP contribution in [-0.4, -0.2) is 43.6 Å². The number of fused-ring (bicyclic) bond motifs is 30. The van der Waals surface area contributed by atoms with Crippen LogP contribution in [0, 0.1) is 0 Å². The smallest absolute Gasteiger partial charge is 0.197 e. The van der Waals surface area contributed by atoms with E-state index in [4.69, 9.17) is 47.6 Å². The lowest BCUT2D eigenvalue weighted by Crippen LogP contribution is -2.19. The number of hydrogen-bond donors (Lipinski definition) is 0. The summed E-state index contributed by atoms with van der Waals surface area (Å²) in [7, 11) is 0. The molecule has 29 aromatic rings. The normalized spacial score (nSPS) is 12.7. The van der Waals surface area contributed by atoms with E-state index in [2.05, 4.69) is 319 Å². The predicted octanol–water partition coefficient (Wildman–Crippen LogP) is 31.5. The predicted molar refractivity (Wildman–Crippen MR) is 538 cm³/mol. The molecule has 0 bridgehead atoms. The van der Waals surface area contributed by atoms with Crippen molar-refractivity contribution >= 4 is 217 Å². The average Bonchev–Trinajstić information content (AvgIpc) is 1.55. The van der Waals surface area contributed by atoms with E-state index >= 15 is 0 Å². The minimum atomic E-state index is -0.293. The molecule has 0 saturated carbocycles. The van der Waals surface area contributed by atoms with E-state index in [1.165, 1.54) is 80.5 Å². The first-order chi connectivity index (χ1) is 64.7. The fourth-order valence-electron chi connectivity index (χ4n) is 20.8. The van der Waals surface area contributed by atoms with Gasteiger partial charge in [0.25, 0.3) is 0 Å². The van der Waals surface area contributed by atoms with Gasteiger partial charge >= 0.3 is 0 Å². The highest BCUT2D eigenvalue weighted by Crippen LogP contribution is 2.53. The molecule has 0 aliphatic heterocycles. The van der Waals surface area contributed by atoms with Crippen LogP contribution in [0.1, 0.15) is 25.0 Å². The Hall–Kier alpha value is -17.2. The number of thiophene rings is 1. The Kier molecular flexibility index (Phi) is 15.6. The van der Waals surface area contributed by atoms with Gasteiger partial charge in [-0.2, -0.15) is 0 Å². The number of aromatic nitrogens is 9. The third-order valence-electron chi connectivity index (χ3n) is 26.9. The first-order valence-electron chi connectivity index (χ1n) is 44.1. The number of hydrogen-bond acceptors (Lipinski definition) is 11. The van der Waals surface area contributed by atoms with E-state index in [1.807, 2.05) is 91.0 Å². The van der Waals surface area contributed by atoms with Crippen LogP contribution >= 0.6 is 11.3 Å². The van der Waals surface area contributed by atoms with Crippen LogP contribution in [-0.2, 0) is 5.41 Å². The summed E-state index contributed by atoms with van der Waals surface area (Å²) < 4.78 is 34.2. The molecule has 0 amide bonds. The molecule has 612 valence electrons. The SMILES string of the molecule is CC1(C)c2ccccc2-c2nc(-c3ccc4oc5ccccc5c4c3)nc(-n3c4ccccc4c4cc5ccccc5cc43)c21.c1ccc2cc3c(cc2c1)c1ccccc1n3-c1nc(-c2ccc3oc4ccccc4c3c2)nc2c1oc1ccccc12.c1ccc2cc3c(cc2c1)c1ccccc1n3-c1nc(-c2ccc3oc4ccccc4c3c2)nc2c1sc1ccccc12. The number of para-hydroxylation sites is 7. The summed E-state index contributed by atoms with van der Waals surface area (Å²) in [6, 6.07) is 134. The van der Waals surface area contributed by atoms with Crippen molar-refractivity contribution in [1.29, 1.82) is 0 Å². The lowest BCUT2D eigenvalue weighted by atomic mass is 9.82. The summed E-state index contributed by atoms with van der Waals surface area (Å²) in [4.78, 5) is 31.9. The van der Waals surface area contributed by atoms with Crippen LogP contribution in [0.3, 0.4) is 0 Å². The molecule has 131 heavy (non-hydrogen) atoms. The van der Waals surface area contributed by atoms with Gasteiger partial charge in [0.15, 0.2) is 34.7 Å². The number of furan rings is 4. The van der Waals surface area contributed by atoms with Gasteiger partial charge in [-0.1, -0.05) is 250 Å². The average molecular weight is 1700 g/mol. The van der Waals surface area contributed by atoms with Gasteiger partial charge in [0.05, 0.1) is 49.0 Å². The number of benzene rings is 18. The Morgan fingerprint density at radius 2 is 0.588 bits per heavy atom. The zero-order valence-corrected chi connectivity index (χ0v) is 71.3. The molecule has 18 aromatic carbocycles. The van der Waals surface area contributed by atoms with Crippen molar-refractivity contribution in [3.63, 3.8) is 0 Å². The lowest BCUT2D eigenvalue weighted by Gasteiger charge is -2.24. The summed E-state index contributed by atoms with van der Waals surface area (Å²) in [5, 5.41) is 23.0. The molecule has 11 heterocycles. The van der Waals surface area contributed by atoms with Gasteiger partial charge in [-0.15, -0.1) is 11.3 Å². The van der Waals surface area contributed by atoms with Gasteiger partial charge in [-0.05, 0) is 183 Å². The van der Waals surface area contributed by atoms with Crippen LogP contribution < -0.4 is 0 Å². The molecule has 13 nitrogen and oxygen atoms in total. The fraction of sp³-hybridized carbons (Fsp3) is 0.0256. The van der Waals surface area contributed by atoms with Crippen molar-refractivity contribution in [2.75, 3.05) is 0 Å². The second-order valence-electron chi connectivity index (χ2n) is 34.7. The van der Waals surface area contributed by atoms with Gasteiger partial charge in [0.2, 0.25) is 0 Å². The second kappa shape index (κ2) is 27.9. The maximum atomic E-state index is 6.54. The standard InChI is InChI=1S/C41H27N3O.C38H21N3O2.C38H21N3OS/c1-41(2)32-16-8-5-15-29(32)38-37(41)40(43-39(42-38)26-19-20-36-31(22-26)28-14-7-10-18-35(28)45-36)44-33-17-9-6-13-27(33)30-21-24-11-3-4-12-25(24)23-34(30)44;1-2-10-23-21-31-28(19-22(23)9-1)25-11-3-6-14-30(25)41(31)38-36-35(27-13-5-8-16-33(27)43-36)39-37(40-38)24-17-18-34-29(20-24)26-12-4-7-15-32(26)42-34;1-2-10-23-21-31-28(19-22(23)9-1)25-11-3-6-14-30(25)41(31)38-36-35(27-13-5-8-16-34(27)43-36)39-37(40-38)24-17-18-33-29(20-24)26-12-4-7-15-32(26)42-33/h3-23H,1-2H3;2*1-21H. The minimum Gasteiger partial charge on any atom is -0.456 e. The van der Waals surface area contributed by atoms with E-state index in [9.17, 15) is 0 Å². The molecule has 14 heteroatoms. The zero-order chi connectivity index (χ0) is 86.0. The Morgan fingerprint density at radius 1 is 0.244 bits per heavy atom. The van der Waals surface area contributed by atoms with Crippen molar-refractivity contribution in [2.45, 2.75) is 19.3 Å². The Bertz CT molecular complexity index is 9610. The first kappa shape index (κ1) is 73.0. The van der Waals surface area contributed by atoms with E-state index in [0.717, 1.165) is 176 Å². The Labute approximate surface area is 748 Å². The summed E-state index contributed by atoms with van der Waals surface area (Å²) in [6.07, 6.45) is 0. The number of nitrogens with zero attached hydrogens (tertiary/aromatic N) is 9. The van der Waals surface area contributed by atoms with Crippen molar-refractivity contribution in [3.8, 4) is 62.9 Å². The minimum absolute atomic E-state index is 0.293. The third kappa shape index (κ3) is 11.1. The maximum Gasteiger partial charge on any atom is 0.197 e. The van der Waals surface area contributed by atoms with E-state index in [0.29, 0.717) is 23.1 Å². The summed E-state index contributed by atoms with van der Waals surface area (Å²) in [6.45, 7) is 4.61. The molecule has 0 radical (unpaired) electrons. The molecule has 30 rings (SSSR count). The highest BCUT2D eigenvalue weighted by molar-refractivity contribution is 7.26. The largest absolute Gasteiger partial charge is 0.456 e. The second-order valence-corrected chi connectivity index (χ2v) is 35.7. The molecular weight excluding hydrogens is 1630 g/mol. The highest BCUT2D eigenvalue weighted by atomic mass is 32.1. The van der Waals surface area contributed by atoms with Crippen molar-refractivity contribution < 1.29 is 17.7 Å². The molecular formula is C117H69N9O4S. The van der Waals surface area contributed by atoms with Gasteiger partial charge in [0.1, 0.15) is 50.4 Å². The highest BCUT2D eigenvalue weighted by Gasteiger charge is 2.41. The van der Waals surface area contributed by atoms with E-state index in [1.54, 1.807) is 11.3 Å². The van der Waals surface area contributed by atoms with Crippen LogP contribution in [0.4, 0.5) is 0 Å². The van der Waals surface area contributed by atoms with Crippen molar-refractivity contribution in [2.24, 2.45) is 0 Å². The van der Waals surface area contributed by atoms with E-state index in [-0.39, 0.29) is 5.41 Å². The van der Waals surface area contributed by atoms with Gasteiger partial charge in [0, 0.05) is 113 Å². The van der Waals surface area contributed by atoms with Crippen molar-refractivity contribution in [3.05, 3.63) is 393 Å². The molecule has 0 fully saturated rings.